The van der Waals surface area contributed by atoms with E-state index in [9.17, 15) is 9.18 Å². The molecule has 0 atom stereocenters. The quantitative estimate of drug-likeness (QED) is 0.908. The first kappa shape index (κ1) is 14.8. The Hall–Kier alpha value is -2.63. The highest BCUT2D eigenvalue weighted by Gasteiger charge is 2.15. The molecule has 0 saturated carbocycles. The number of benzene rings is 1. The second kappa shape index (κ2) is 6.21. The van der Waals surface area contributed by atoms with Crippen molar-refractivity contribution in [1.82, 2.24) is 4.98 Å². The van der Waals surface area contributed by atoms with E-state index in [0.29, 0.717) is 17.3 Å². The van der Waals surface area contributed by atoms with Gasteiger partial charge in [0, 0.05) is 7.05 Å². The number of hydrogen-bond acceptors (Lipinski definition) is 4. The minimum atomic E-state index is -0.574. The Balaban J connectivity index is 2.34. The van der Waals surface area contributed by atoms with Crippen LogP contribution in [-0.2, 0) is 0 Å². The first-order valence-electron chi connectivity index (χ1n) is 6.34. The van der Waals surface area contributed by atoms with E-state index in [-0.39, 0.29) is 5.56 Å². The Morgan fingerprint density at radius 2 is 2.10 bits per heavy atom. The van der Waals surface area contributed by atoms with Crippen LogP contribution < -0.4 is 15.4 Å². The van der Waals surface area contributed by atoms with Crippen molar-refractivity contribution in [3.05, 3.63) is 47.4 Å². The zero-order chi connectivity index (χ0) is 15.4. The van der Waals surface area contributed by atoms with Gasteiger partial charge in [0.1, 0.15) is 17.4 Å². The largest absolute Gasteiger partial charge is 0.495 e. The lowest BCUT2D eigenvalue weighted by Crippen LogP contribution is -2.16. The maximum atomic E-state index is 13.3. The molecule has 6 heteroatoms. The van der Waals surface area contributed by atoms with Gasteiger partial charge < -0.3 is 15.4 Å². The Labute approximate surface area is 122 Å². The number of nitrogens with zero attached hydrogens (tertiary/aromatic N) is 1. The number of rotatable bonds is 4. The molecule has 110 valence electrons. The lowest BCUT2D eigenvalue weighted by Gasteiger charge is -2.12. The Morgan fingerprint density at radius 1 is 1.33 bits per heavy atom. The first-order chi connectivity index (χ1) is 10.0. The predicted octanol–water partition coefficient (Wildman–Crippen LogP) is 2.83. The fourth-order valence-electron chi connectivity index (χ4n) is 1.92. The van der Waals surface area contributed by atoms with Crippen LogP contribution in [0.4, 0.5) is 15.9 Å². The van der Waals surface area contributed by atoms with E-state index >= 15 is 0 Å². The second-order valence-electron chi connectivity index (χ2n) is 4.46. The summed E-state index contributed by atoms with van der Waals surface area (Å²) in [5.74, 6) is -0.199. The van der Waals surface area contributed by atoms with Crippen molar-refractivity contribution in [2.75, 3.05) is 24.8 Å². The second-order valence-corrected chi connectivity index (χ2v) is 4.46. The van der Waals surface area contributed by atoms with Gasteiger partial charge in [-0.05, 0) is 30.7 Å². The van der Waals surface area contributed by atoms with Crippen LogP contribution in [-0.4, -0.2) is 25.0 Å². The standard InChI is InChI=1S/C15H16FN3O2/c1-9-4-5-13(21-3)12(6-9)19-15(20)11-7-10(16)8-18-14(11)17-2/h4-8H,1-3H3,(H,17,18)(H,19,20). The van der Waals surface area contributed by atoms with Crippen molar-refractivity contribution in [3.8, 4) is 5.75 Å². The molecule has 0 aliphatic rings. The van der Waals surface area contributed by atoms with E-state index in [1.165, 1.54) is 7.11 Å². The Bertz CT molecular complexity index is 674. The SMILES string of the molecule is CNc1ncc(F)cc1C(=O)Nc1cc(C)ccc1OC. The monoisotopic (exact) mass is 289 g/mol. The van der Waals surface area contributed by atoms with E-state index in [1.807, 2.05) is 13.0 Å². The van der Waals surface area contributed by atoms with Crippen LogP contribution in [0.1, 0.15) is 15.9 Å². The van der Waals surface area contributed by atoms with E-state index < -0.39 is 11.7 Å². The fourth-order valence-corrected chi connectivity index (χ4v) is 1.92. The molecule has 2 aromatic rings. The van der Waals surface area contributed by atoms with Crippen LogP contribution in [0.5, 0.6) is 5.75 Å². The summed E-state index contributed by atoms with van der Waals surface area (Å²) in [6.07, 6.45) is 1.05. The number of amides is 1. The molecular formula is C15H16FN3O2. The van der Waals surface area contributed by atoms with Crippen LogP contribution in [0.2, 0.25) is 0 Å². The summed E-state index contributed by atoms with van der Waals surface area (Å²) in [4.78, 5) is 16.2. The number of carbonyl (C=O) groups is 1. The van der Waals surface area contributed by atoms with Crippen LogP contribution in [0.25, 0.3) is 0 Å². The molecule has 0 unspecified atom stereocenters. The van der Waals surface area contributed by atoms with Crippen molar-refractivity contribution in [3.63, 3.8) is 0 Å². The van der Waals surface area contributed by atoms with Crippen LogP contribution in [0.3, 0.4) is 0 Å². The fraction of sp³-hybridized carbons (Fsp3) is 0.200. The van der Waals surface area contributed by atoms with E-state index in [1.54, 1.807) is 19.2 Å². The van der Waals surface area contributed by atoms with Crippen LogP contribution >= 0.6 is 0 Å². The molecule has 0 saturated heterocycles. The van der Waals surface area contributed by atoms with Gasteiger partial charge in [-0.1, -0.05) is 6.07 Å². The number of hydrogen-bond donors (Lipinski definition) is 2. The van der Waals surface area contributed by atoms with E-state index in [0.717, 1.165) is 17.8 Å². The minimum Gasteiger partial charge on any atom is -0.495 e. The zero-order valence-electron chi connectivity index (χ0n) is 12.0. The maximum Gasteiger partial charge on any atom is 0.259 e. The highest BCUT2D eigenvalue weighted by molar-refractivity contribution is 6.08. The molecule has 21 heavy (non-hydrogen) atoms. The molecule has 0 aliphatic heterocycles. The van der Waals surface area contributed by atoms with Gasteiger partial charge in [-0.25, -0.2) is 9.37 Å². The van der Waals surface area contributed by atoms with Gasteiger partial charge in [0.25, 0.3) is 5.91 Å². The van der Waals surface area contributed by atoms with Crippen LogP contribution in [0, 0.1) is 12.7 Å². The van der Waals surface area contributed by atoms with Gasteiger partial charge in [0.15, 0.2) is 0 Å². The number of nitrogens with one attached hydrogen (secondary N) is 2. The van der Waals surface area contributed by atoms with Crippen molar-refractivity contribution < 1.29 is 13.9 Å². The smallest absolute Gasteiger partial charge is 0.259 e. The number of carbonyl (C=O) groups excluding carboxylic acids is 1. The average Bonchev–Trinajstić information content (AvgIpc) is 2.47. The Kier molecular flexibility index (Phi) is 4.37. The number of ether oxygens (including phenoxy) is 1. The molecule has 1 aromatic carbocycles. The third-order valence-corrected chi connectivity index (χ3v) is 2.94. The van der Waals surface area contributed by atoms with Gasteiger partial charge in [0.2, 0.25) is 0 Å². The van der Waals surface area contributed by atoms with Crippen molar-refractivity contribution in [2.24, 2.45) is 0 Å². The molecule has 0 spiro atoms. The molecule has 1 heterocycles. The number of anilines is 2. The van der Waals surface area contributed by atoms with Gasteiger partial charge >= 0.3 is 0 Å². The zero-order valence-corrected chi connectivity index (χ0v) is 12.0. The first-order valence-corrected chi connectivity index (χ1v) is 6.34. The van der Waals surface area contributed by atoms with E-state index in [4.69, 9.17) is 4.74 Å². The maximum absolute atomic E-state index is 13.3. The van der Waals surface area contributed by atoms with Gasteiger partial charge in [-0.15, -0.1) is 0 Å². The third kappa shape index (κ3) is 3.28. The number of aryl methyl sites for hydroxylation is 1. The molecule has 2 N–H and O–H groups in total. The topological polar surface area (TPSA) is 63.2 Å². The van der Waals surface area contributed by atoms with E-state index in [2.05, 4.69) is 15.6 Å². The minimum absolute atomic E-state index is 0.126. The molecule has 2 rings (SSSR count). The molecule has 0 aliphatic carbocycles. The van der Waals surface area contributed by atoms with Gasteiger partial charge in [-0.3, -0.25) is 4.79 Å². The molecule has 5 nitrogen and oxygen atoms in total. The molecular weight excluding hydrogens is 273 g/mol. The van der Waals surface area contributed by atoms with Crippen LogP contribution in [0.15, 0.2) is 30.5 Å². The molecule has 0 fully saturated rings. The number of aromatic nitrogens is 1. The lowest BCUT2D eigenvalue weighted by atomic mass is 10.2. The van der Waals surface area contributed by atoms with Gasteiger partial charge in [-0.2, -0.15) is 0 Å². The highest BCUT2D eigenvalue weighted by Crippen LogP contribution is 2.26. The predicted molar refractivity (Wildman–Crippen MR) is 79.4 cm³/mol. The summed E-state index contributed by atoms with van der Waals surface area (Å²) in [5.41, 5.74) is 1.62. The number of halogens is 1. The number of methoxy groups -OCH3 is 1. The normalized spacial score (nSPS) is 10.1. The molecule has 1 amide bonds. The Morgan fingerprint density at radius 3 is 2.76 bits per heavy atom. The summed E-state index contributed by atoms with van der Waals surface area (Å²) in [5, 5.41) is 5.47. The summed E-state index contributed by atoms with van der Waals surface area (Å²) >= 11 is 0. The third-order valence-electron chi connectivity index (χ3n) is 2.94. The average molecular weight is 289 g/mol. The summed E-state index contributed by atoms with van der Waals surface area (Å²) in [7, 11) is 3.13. The molecule has 0 bridgehead atoms. The summed E-state index contributed by atoms with van der Waals surface area (Å²) < 4.78 is 18.5. The van der Waals surface area contributed by atoms with Crippen molar-refractivity contribution >= 4 is 17.4 Å². The molecule has 0 radical (unpaired) electrons. The highest BCUT2D eigenvalue weighted by atomic mass is 19.1. The summed E-state index contributed by atoms with van der Waals surface area (Å²) in [6, 6.07) is 6.55. The lowest BCUT2D eigenvalue weighted by molar-refractivity contribution is 0.102. The summed E-state index contributed by atoms with van der Waals surface area (Å²) in [6.45, 7) is 1.90. The van der Waals surface area contributed by atoms with Crippen molar-refractivity contribution in [1.29, 1.82) is 0 Å². The number of pyridine rings is 1. The molecule has 1 aromatic heterocycles. The van der Waals surface area contributed by atoms with Gasteiger partial charge in [0.05, 0.1) is 24.6 Å². The van der Waals surface area contributed by atoms with Crippen molar-refractivity contribution in [2.45, 2.75) is 6.92 Å².